The summed E-state index contributed by atoms with van der Waals surface area (Å²) in [7, 11) is 0. The number of aryl methyl sites for hydroxylation is 1. The number of imidazole rings is 1. The molecule has 2 aromatic rings. The molecule has 1 N–H and O–H groups in total. The molecule has 0 unspecified atom stereocenters. The van der Waals surface area contributed by atoms with Gasteiger partial charge in [0.15, 0.2) is 0 Å². The minimum absolute atomic E-state index is 0.133. The number of aromatic nitrogens is 2. The first kappa shape index (κ1) is 14.2. The van der Waals surface area contributed by atoms with Crippen molar-refractivity contribution in [2.75, 3.05) is 6.54 Å². The minimum atomic E-state index is -0.382. The van der Waals surface area contributed by atoms with Gasteiger partial charge in [0.2, 0.25) is 0 Å². The Morgan fingerprint density at radius 3 is 2.70 bits per heavy atom. The van der Waals surface area contributed by atoms with E-state index in [9.17, 15) is 10.1 Å². The number of hydrogen-bond acceptors (Lipinski definition) is 4. The third kappa shape index (κ3) is 4.47. The molecule has 0 saturated heterocycles. The average Bonchev–Trinajstić information content (AvgIpc) is 2.96. The van der Waals surface area contributed by atoms with Gasteiger partial charge in [-0.25, -0.2) is 4.98 Å². The van der Waals surface area contributed by atoms with Crippen molar-refractivity contribution in [2.24, 2.45) is 0 Å². The van der Waals surface area contributed by atoms with Crippen LogP contribution in [-0.4, -0.2) is 21.0 Å². The summed E-state index contributed by atoms with van der Waals surface area (Å²) >= 11 is 0. The van der Waals surface area contributed by atoms with E-state index in [-0.39, 0.29) is 10.6 Å². The number of benzene rings is 1. The molecule has 1 heterocycles. The van der Waals surface area contributed by atoms with Gasteiger partial charge >= 0.3 is 0 Å². The van der Waals surface area contributed by atoms with E-state index in [1.807, 2.05) is 12.5 Å². The van der Waals surface area contributed by atoms with Crippen molar-refractivity contribution in [3.05, 3.63) is 58.7 Å². The lowest BCUT2D eigenvalue weighted by molar-refractivity contribution is -0.384. The molecule has 0 atom stereocenters. The molecule has 0 radical (unpaired) electrons. The van der Waals surface area contributed by atoms with Gasteiger partial charge in [0.25, 0.3) is 5.69 Å². The van der Waals surface area contributed by atoms with Crippen molar-refractivity contribution in [3.63, 3.8) is 0 Å². The molecule has 2 rings (SSSR count). The topological polar surface area (TPSA) is 73.0 Å². The van der Waals surface area contributed by atoms with E-state index in [0.29, 0.717) is 0 Å². The zero-order valence-electron chi connectivity index (χ0n) is 11.2. The molecule has 0 fully saturated rings. The second kappa shape index (κ2) is 7.40. The minimum Gasteiger partial charge on any atom is -0.337 e. The van der Waals surface area contributed by atoms with Crippen LogP contribution < -0.4 is 5.32 Å². The summed E-state index contributed by atoms with van der Waals surface area (Å²) in [5.74, 6) is 0. The number of nitro groups is 1. The van der Waals surface area contributed by atoms with E-state index in [2.05, 4.69) is 14.9 Å². The normalized spacial score (nSPS) is 10.6. The Hall–Kier alpha value is -2.21. The van der Waals surface area contributed by atoms with Crippen molar-refractivity contribution in [3.8, 4) is 0 Å². The second-order valence-electron chi connectivity index (χ2n) is 4.61. The van der Waals surface area contributed by atoms with Gasteiger partial charge in [-0.15, -0.1) is 0 Å². The van der Waals surface area contributed by atoms with Gasteiger partial charge in [0.1, 0.15) is 0 Å². The van der Waals surface area contributed by atoms with Crippen molar-refractivity contribution < 1.29 is 4.92 Å². The Labute approximate surface area is 117 Å². The summed E-state index contributed by atoms with van der Waals surface area (Å²) in [6.07, 6.45) is 7.76. The van der Waals surface area contributed by atoms with Crippen LogP contribution in [0.4, 0.5) is 5.69 Å². The van der Waals surface area contributed by atoms with Crippen molar-refractivity contribution >= 4 is 5.69 Å². The summed E-state index contributed by atoms with van der Waals surface area (Å²) in [6.45, 7) is 2.66. The molecule has 0 spiro atoms. The van der Waals surface area contributed by atoms with Crippen molar-refractivity contribution in [1.29, 1.82) is 0 Å². The molecule has 0 aliphatic rings. The average molecular weight is 274 g/mol. The molecule has 0 aliphatic heterocycles. The number of hydrogen-bond donors (Lipinski definition) is 1. The van der Waals surface area contributed by atoms with Crippen LogP contribution in [0.2, 0.25) is 0 Å². The predicted molar refractivity (Wildman–Crippen MR) is 76.3 cm³/mol. The van der Waals surface area contributed by atoms with E-state index < -0.39 is 0 Å². The molecule has 1 aromatic carbocycles. The fraction of sp³-hybridized carbons (Fsp3) is 0.357. The Bertz CT molecular complexity index is 523. The quantitative estimate of drug-likeness (QED) is 0.455. The zero-order valence-corrected chi connectivity index (χ0v) is 11.2. The van der Waals surface area contributed by atoms with Gasteiger partial charge in [-0.2, -0.15) is 0 Å². The molecule has 0 saturated carbocycles. The first-order valence-corrected chi connectivity index (χ1v) is 6.65. The van der Waals surface area contributed by atoms with E-state index in [1.165, 1.54) is 12.1 Å². The van der Waals surface area contributed by atoms with Crippen LogP contribution in [0.25, 0.3) is 0 Å². The van der Waals surface area contributed by atoms with Gasteiger partial charge in [0.05, 0.1) is 11.3 Å². The molecular formula is C14H18N4O2. The number of rotatable bonds is 8. The van der Waals surface area contributed by atoms with Gasteiger partial charge in [-0.1, -0.05) is 12.1 Å². The second-order valence-corrected chi connectivity index (χ2v) is 4.61. The zero-order chi connectivity index (χ0) is 14.2. The summed E-state index contributed by atoms with van der Waals surface area (Å²) in [6, 6.07) is 6.65. The van der Waals surface area contributed by atoms with Crippen LogP contribution in [0.1, 0.15) is 18.4 Å². The Kier molecular flexibility index (Phi) is 5.25. The highest BCUT2D eigenvalue weighted by Gasteiger charge is 2.03. The molecule has 0 bridgehead atoms. The molecular weight excluding hydrogens is 256 g/mol. The number of unbranched alkanes of at least 4 members (excludes halogenated alkanes) is 1. The Balaban J connectivity index is 1.59. The summed E-state index contributed by atoms with van der Waals surface area (Å²) in [4.78, 5) is 14.1. The summed E-state index contributed by atoms with van der Waals surface area (Å²) in [5, 5.41) is 13.9. The summed E-state index contributed by atoms with van der Waals surface area (Å²) in [5.41, 5.74) is 1.19. The predicted octanol–water partition coefficient (Wildman–Crippen LogP) is 2.36. The number of non-ortho nitro benzene ring substituents is 1. The number of nitrogens with one attached hydrogen (secondary N) is 1. The van der Waals surface area contributed by atoms with Crippen LogP contribution in [0.5, 0.6) is 0 Å². The molecule has 6 heteroatoms. The van der Waals surface area contributed by atoms with Crippen LogP contribution in [-0.2, 0) is 13.1 Å². The van der Waals surface area contributed by atoms with Gasteiger partial charge < -0.3 is 9.88 Å². The SMILES string of the molecule is O=[N+]([O-])c1ccc(CNCCCCn2ccnc2)cc1. The smallest absolute Gasteiger partial charge is 0.269 e. The van der Waals surface area contributed by atoms with E-state index in [4.69, 9.17) is 0 Å². The molecule has 6 nitrogen and oxygen atoms in total. The largest absolute Gasteiger partial charge is 0.337 e. The van der Waals surface area contributed by atoms with E-state index in [0.717, 1.165) is 38.0 Å². The van der Waals surface area contributed by atoms with Crippen LogP contribution in [0, 0.1) is 10.1 Å². The lowest BCUT2D eigenvalue weighted by Gasteiger charge is -2.05. The molecule has 1 aromatic heterocycles. The van der Waals surface area contributed by atoms with E-state index >= 15 is 0 Å². The standard InChI is InChI=1S/C14H18N4O2/c19-18(20)14-5-3-13(4-6-14)11-15-7-1-2-9-17-10-8-16-12-17/h3-6,8,10,12,15H,1-2,7,9,11H2. The Morgan fingerprint density at radius 1 is 1.25 bits per heavy atom. The maximum Gasteiger partial charge on any atom is 0.269 e. The van der Waals surface area contributed by atoms with Gasteiger partial charge in [0, 0.05) is 37.6 Å². The first-order chi connectivity index (χ1) is 9.75. The van der Waals surface area contributed by atoms with Crippen LogP contribution in [0.15, 0.2) is 43.0 Å². The van der Waals surface area contributed by atoms with Gasteiger partial charge in [-0.05, 0) is 24.9 Å². The van der Waals surface area contributed by atoms with Crippen LogP contribution in [0.3, 0.4) is 0 Å². The lowest BCUT2D eigenvalue weighted by atomic mass is 10.2. The van der Waals surface area contributed by atoms with Crippen molar-refractivity contribution in [1.82, 2.24) is 14.9 Å². The van der Waals surface area contributed by atoms with Gasteiger partial charge in [-0.3, -0.25) is 10.1 Å². The van der Waals surface area contributed by atoms with Crippen LogP contribution >= 0.6 is 0 Å². The number of nitro benzene ring substituents is 1. The third-order valence-electron chi connectivity index (χ3n) is 3.06. The highest BCUT2D eigenvalue weighted by atomic mass is 16.6. The summed E-state index contributed by atoms with van der Waals surface area (Å²) < 4.78 is 2.07. The fourth-order valence-electron chi connectivity index (χ4n) is 1.93. The lowest BCUT2D eigenvalue weighted by Crippen LogP contribution is -2.15. The highest BCUT2D eigenvalue weighted by Crippen LogP contribution is 2.11. The fourth-order valence-corrected chi connectivity index (χ4v) is 1.93. The molecule has 106 valence electrons. The molecule has 20 heavy (non-hydrogen) atoms. The molecule has 0 amide bonds. The molecule has 0 aliphatic carbocycles. The third-order valence-corrected chi connectivity index (χ3v) is 3.06. The first-order valence-electron chi connectivity index (χ1n) is 6.65. The number of nitrogens with zero attached hydrogens (tertiary/aromatic N) is 3. The maximum absolute atomic E-state index is 10.5. The Morgan fingerprint density at radius 2 is 2.05 bits per heavy atom. The highest BCUT2D eigenvalue weighted by molar-refractivity contribution is 5.32. The monoisotopic (exact) mass is 274 g/mol. The van der Waals surface area contributed by atoms with E-state index in [1.54, 1.807) is 18.3 Å². The van der Waals surface area contributed by atoms with Crippen molar-refractivity contribution in [2.45, 2.75) is 25.9 Å². The maximum atomic E-state index is 10.5.